The van der Waals surface area contributed by atoms with Gasteiger partial charge in [-0.05, 0) is 25.3 Å². The van der Waals surface area contributed by atoms with Crippen LogP contribution in [0.1, 0.15) is 31.7 Å². The molecule has 1 aliphatic heterocycles. The molecule has 0 spiro atoms. The summed E-state index contributed by atoms with van der Waals surface area (Å²) >= 11 is 0. The third-order valence-corrected chi connectivity index (χ3v) is 5.24. The summed E-state index contributed by atoms with van der Waals surface area (Å²) in [5.74, 6) is -1.89. The molecule has 2 rings (SSSR count). The van der Waals surface area contributed by atoms with Crippen molar-refractivity contribution < 1.29 is 38.5 Å². The summed E-state index contributed by atoms with van der Waals surface area (Å²) in [6.45, 7) is 2.36. The summed E-state index contributed by atoms with van der Waals surface area (Å²) in [4.78, 5) is 49.7. The Balaban J connectivity index is 1.93. The van der Waals surface area contributed by atoms with Gasteiger partial charge >= 0.3 is 12.1 Å². The Hall–Kier alpha value is -3.44. The minimum absolute atomic E-state index is 0.0299. The van der Waals surface area contributed by atoms with Crippen LogP contribution in [0.4, 0.5) is 4.79 Å². The van der Waals surface area contributed by atoms with E-state index in [9.17, 15) is 19.2 Å². The Kier molecular flexibility index (Phi) is 13.0. The van der Waals surface area contributed by atoms with Crippen LogP contribution in [0.2, 0.25) is 0 Å². The Bertz CT molecular complexity index is 877. The van der Waals surface area contributed by atoms with Crippen LogP contribution in [0.25, 0.3) is 0 Å². The number of benzene rings is 1. The molecular weight excluding hydrogens is 470 g/mol. The normalized spacial score (nSPS) is 20.8. The fourth-order valence-electron chi connectivity index (χ4n) is 3.33. The average Bonchev–Trinajstić information content (AvgIpc) is 2.86. The Morgan fingerprint density at radius 1 is 1.14 bits per heavy atom. The van der Waals surface area contributed by atoms with Gasteiger partial charge in [-0.25, -0.2) is 9.59 Å². The van der Waals surface area contributed by atoms with Crippen LogP contribution in [0.15, 0.2) is 42.5 Å². The van der Waals surface area contributed by atoms with Gasteiger partial charge in [0.2, 0.25) is 11.8 Å². The molecule has 198 valence electrons. The number of rotatable bonds is 10. The van der Waals surface area contributed by atoms with Crippen LogP contribution in [0.5, 0.6) is 0 Å². The monoisotopic (exact) mass is 505 g/mol. The number of hydrogen-bond acceptors (Lipinski definition) is 8. The predicted molar refractivity (Wildman–Crippen MR) is 130 cm³/mol. The lowest BCUT2D eigenvalue weighted by Gasteiger charge is -2.22. The van der Waals surface area contributed by atoms with Crippen LogP contribution < -0.4 is 16.0 Å². The van der Waals surface area contributed by atoms with E-state index in [0.717, 1.165) is 5.56 Å². The second kappa shape index (κ2) is 16.3. The number of cyclic esters (lactones) is 1. The van der Waals surface area contributed by atoms with E-state index in [-0.39, 0.29) is 70.6 Å². The molecule has 0 fully saturated rings. The zero-order valence-corrected chi connectivity index (χ0v) is 20.4. The lowest BCUT2D eigenvalue weighted by Crippen LogP contribution is -2.45. The Morgan fingerprint density at radius 2 is 1.89 bits per heavy atom. The number of esters is 1. The molecule has 0 aliphatic carbocycles. The number of alkyl carbamates (subject to hydrolysis) is 1. The molecule has 0 radical (unpaired) electrons. The highest BCUT2D eigenvalue weighted by molar-refractivity contribution is 5.86. The number of aliphatic hydroxyl groups excluding tert-OH is 1. The Morgan fingerprint density at radius 3 is 2.64 bits per heavy atom. The molecule has 3 atom stereocenters. The number of carbonyl (C=O) groups excluding carboxylic acids is 4. The first-order valence-electron chi connectivity index (χ1n) is 11.9. The molecule has 3 amide bonds. The van der Waals surface area contributed by atoms with E-state index in [4.69, 9.17) is 19.3 Å². The first kappa shape index (κ1) is 28.8. The van der Waals surface area contributed by atoms with Gasteiger partial charge in [-0.3, -0.25) is 9.59 Å². The fraction of sp³-hybridized carbons (Fsp3) is 0.520. The lowest BCUT2D eigenvalue weighted by atomic mass is 9.98. The topological polar surface area (TPSA) is 152 Å². The quantitative estimate of drug-likeness (QED) is 0.207. The summed E-state index contributed by atoms with van der Waals surface area (Å²) in [6.07, 6.45) is 2.34. The maximum absolute atomic E-state index is 12.6. The standard InChI is InChI=1S/C25H35N3O8/c1-18-16-27-23(31)20(15-22(30)26-11-13-34-14-12-29)9-5-6-10-21(24(32)36-18)28-25(33)35-17-19-7-3-2-4-8-19/h2-8,18,20-21,29H,9-17H2,1H3,(H,26,30)(H,27,31)(H,28,33). The predicted octanol–water partition coefficient (Wildman–Crippen LogP) is 0.811. The van der Waals surface area contributed by atoms with Crippen LogP contribution in [0.3, 0.4) is 0 Å². The van der Waals surface area contributed by atoms with Gasteiger partial charge in [-0.1, -0.05) is 42.5 Å². The van der Waals surface area contributed by atoms with E-state index in [1.807, 2.05) is 30.3 Å². The van der Waals surface area contributed by atoms with Crippen LogP contribution in [0, 0.1) is 5.92 Å². The minimum atomic E-state index is -0.970. The van der Waals surface area contributed by atoms with Crippen molar-refractivity contribution in [1.82, 2.24) is 16.0 Å². The average molecular weight is 506 g/mol. The van der Waals surface area contributed by atoms with Gasteiger partial charge in [0.15, 0.2) is 0 Å². The van der Waals surface area contributed by atoms with Gasteiger partial charge in [-0.15, -0.1) is 0 Å². The smallest absolute Gasteiger partial charge is 0.408 e. The number of ether oxygens (including phenoxy) is 3. The number of aliphatic hydroxyl groups is 1. The molecule has 0 saturated carbocycles. The van der Waals surface area contributed by atoms with Crippen molar-refractivity contribution in [3.05, 3.63) is 48.0 Å². The second-order valence-electron chi connectivity index (χ2n) is 8.28. The maximum atomic E-state index is 12.6. The summed E-state index contributed by atoms with van der Waals surface area (Å²) in [7, 11) is 0. The molecule has 11 nitrogen and oxygen atoms in total. The lowest BCUT2D eigenvalue weighted by molar-refractivity contribution is -0.151. The van der Waals surface area contributed by atoms with Crippen molar-refractivity contribution in [3.8, 4) is 0 Å². The van der Waals surface area contributed by atoms with Crippen molar-refractivity contribution >= 4 is 23.9 Å². The zero-order chi connectivity index (χ0) is 26.2. The zero-order valence-electron chi connectivity index (χ0n) is 20.4. The minimum Gasteiger partial charge on any atom is -0.459 e. The molecule has 1 aromatic rings. The van der Waals surface area contributed by atoms with E-state index < -0.39 is 30.1 Å². The molecule has 3 unspecified atom stereocenters. The molecule has 36 heavy (non-hydrogen) atoms. The summed E-state index contributed by atoms with van der Waals surface area (Å²) in [5, 5.41) is 16.6. The second-order valence-corrected chi connectivity index (χ2v) is 8.28. The molecule has 1 aromatic carbocycles. The van der Waals surface area contributed by atoms with E-state index in [2.05, 4.69) is 16.0 Å². The van der Waals surface area contributed by atoms with Crippen molar-refractivity contribution in [3.63, 3.8) is 0 Å². The van der Waals surface area contributed by atoms with Crippen molar-refractivity contribution in [1.29, 1.82) is 0 Å². The molecule has 0 aromatic heterocycles. The van der Waals surface area contributed by atoms with Crippen molar-refractivity contribution in [2.75, 3.05) is 32.9 Å². The number of carbonyl (C=O) groups is 4. The largest absolute Gasteiger partial charge is 0.459 e. The molecule has 0 saturated heterocycles. The summed E-state index contributed by atoms with van der Waals surface area (Å²) in [6, 6.07) is 8.18. The highest BCUT2D eigenvalue weighted by atomic mass is 16.6. The van der Waals surface area contributed by atoms with E-state index in [0.29, 0.717) is 0 Å². The first-order valence-corrected chi connectivity index (χ1v) is 11.9. The van der Waals surface area contributed by atoms with E-state index >= 15 is 0 Å². The van der Waals surface area contributed by atoms with Crippen LogP contribution in [-0.2, 0) is 35.2 Å². The van der Waals surface area contributed by atoms with Crippen LogP contribution >= 0.6 is 0 Å². The van der Waals surface area contributed by atoms with Crippen molar-refractivity contribution in [2.45, 2.75) is 44.9 Å². The number of allylic oxidation sites excluding steroid dienone is 1. The van der Waals surface area contributed by atoms with E-state index in [1.165, 1.54) is 0 Å². The van der Waals surface area contributed by atoms with Gasteiger partial charge in [0.25, 0.3) is 0 Å². The van der Waals surface area contributed by atoms with Crippen molar-refractivity contribution in [2.24, 2.45) is 5.92 Å². The molecule has 4 N–H and O–H groups in total. The van der Waals surface area contributed by atoms with Gasteiger partial charge in [0, 0.05) is 13.0 Å². The van der Waals surface area contributed by atoms with Gasteiger partial charge in [0.05, 0.1) is 32.3 Å². The third-order valence-electron chi connectivity index (χ3n) is 5.24. The molecule has 0 bridgehead atoms. The molecular formula is C25H35N3O8. The van der Waals surface area contributed by atoms with Crippen LogP contribution in [-0.4, -0.2) is 74.0 Å². The number of nitrogens with one attached hydrogen (secondary N) is 3. The SMILES string of the molecule is CC1CNC(=O)C(CC(=O)NCCOCCO)CC=CCC(NC(=O)OCc2ccccc2)C(=O)O1. The van der Waals surface area contributed by atoms with Gasteiger partial charge in [0.1, 0.15) is 18.8 Å². The number of amides is 3. The first-order chi connectivity index (χ1) is 17.4. The van der Waals surface area contributed by atoms with Gasteiger partial charge < -0.3 is 35.3 Å². The Labute approximate surface area is 210 Å². The summed E-state index contributed by atoms with van der Waals surface area (Å²) in [5.41, 5.74) is 0.811. The van der Waals surface area contributed by atoms with Gasteiger partial charge in [-0.2, -0.15) is 0 Å². The molecule has 1 heterocycles. The van der Waals surface area contributed by atoms with E-state index in [1.54, 1.807) is 19.1 Å². The molecule has 1 aliphatic rings. The highest BCUT2D eigenvalue weighted by Gasteiger charge is 2.26. The fourth-order valence-corrected chi connectivity index (χ4v) is 3.33. The summed E-state index contributed by atoms with van der Waals surface area (Å²) < 4.78 is 15.7. The maximum Gasteiger partial charge on any atom is 0.408 e. The highest BCUT2D eigenvalue weighted by Crippen LogP contribution is 2.13. The molecule has 11 heteroatoms. The third kappa shape index (κ3) is 11.3. The number of hydrogen-bond donors (Lipinski definition) is 4.